The van der Waals surface area contributed by atoms with Crippen molar-refractivity contribution < 1.29 is 19.0 Å². The van der Waals surface area contributed by atoms with E-state index in [0.29, 0.717) is 22.9 Å². The van der Waals surface area contributed by atoms with Gasteiger partial charge < -0.3 is 19.9 Å². The Morgan fingerprint density at radius 2 is 1.94 bits per heavy atom. The molecule has 0 saturated carbocycles. The Morgan fingerprint density at radius 3 is 2.55 bits per heavy atom. The van der Waals surface area contributed by atoms with E-state index in [1.807, 2.05) is 24.3 Å². The van der Waals surface area contributed by atoms with Crippen LogP contribution in [-0.2, 0) is 20.9 Å². The number of carbonyl (C=O) groups excluding carboxylic acids is 1. The van der Waals surface area contributed by atoms with E-state index in [4.69, 9.17) is 43.1 Å². The molecule has 0 fully saturated rings. The molecule has 0 bridgehead atoms. The molecular weight excluding hydrogens is 439 g/mol. The summed E-state index contributed by atoms with van der Waals surface area (Å²) >= 11 is 12.1. The second kappa shape index (κ2) is 10.3. The number of carbonyl (C=O) groups is 1. The van der Waals surface area contributed by atoms with Crippen molar-refractivity contribution in [1.29, 1.82) is 5.26 Å². The molecule has 0 amide bonds. The van der Waals surface area contributed by atoms with Crippen LogP contribution in [0.15, 0.2) is 71.3 Å². The third-order valence-electron chi connectivity index (χ3n) is 4.68. The molecule has 0 aromatic heterocycles. The zero-order valence-corrected chi connectivity index (χ0v) is 18.2. The summed E-state index contributed by atoms with van der Waals surface area (Å²) in [7, 11) is 0. The molecule has 3 rings (SSSR count). The van der Waals surface area contributed by atoms with Crippen LogP contribution in [0.5, 0.6) is 5.75 Å². The Bertz CT molecular complexity index is 1070. The number of ether oxygens (including phenoxy) is 3. The van der Waals surface area contributed by atoms with Gasteiger partial charge in [-0.15, -0.1) is 11.6 Å². The number of benzene rings is 2. The van der Waals surface area contributed by atoms with Crippen LogP contribution >= 0.6 is 23.2 Å². The molecule has 0 aliphatic carbocycles. The summed E-state index contributed by atoms with van der Waals surface area (Å²) in [5.74, 6) is -0.781. The van der Waals surface area contributed by atoms with Crippen LogP contribution in [-0.4, -0.2) is 18.5 Å². The zero-order valence-electron chi connectivity index (χ0n) is 16.7. The first-order chi connectivity index (χ1) is 15.0. The second-order valence-corrected chi connectivity index (χ2v) is 7.24. The number of esters is 1. The maximum atomic E-state index is 12.6. The van der Waals surface area contributed by atoms with E-state index in [0.717, 1.165) is 5.56 Å². The van der Waals surface area contributed by atoms with Gasteiger partial charge in [0, 0.05) is 10.6 Å². The summed E-state index contributed by atoms with van der Waals surface area (Å²) < 4.78 is 16.4. The Balaban J connectivity index is 1.91. The van der Waals surface area contributed by atoms with Gasteiger partial charge >= 0.3 is 5.97 Å². The number of hydrogen-bond acceptors (Lipinski definition) is 6. The predicted molar refractivity (Wildman–Crippen MR) is 117 cm³/mol. The van der Waals surface area contributed by atoms with E-state index >= 15 is 0 Å². The number of alkyl halides is 1. The minimum atomic E-state index is -0.760. The molecule has 0 saturated heterocycles. The second-order valence-electron chi connectivity index (χ2n) is 6.56. The van der Waals surface area contributed by atoms with E-state index in [1.54, 1.807) is 37.3 Å². The lowest BCUT2D eigenvalue weighted by Crippen LogP contribution is -2.26. The highest BCUT2D eigenvalue weighted by Gasteiger charge is 2.37. The van der Waals surface area contributed by atoms with Gasteiger partial charge in [0.25, 0.3) is 0 Å². The van der Waals surface area contributed by atoms with Crippen molar-refractivity contribution in [3.63, 3.8) is 0 Å². The number of rotatable bonds is 7. The van der Waals surface area contributed by atoms with Gasteiger partial charge in [-0.05, 0) is 30.7 Å². The average Bonchev–Trinajstić information content (AvgIpc) is 2.78. The van der Waals surface area contributed by atoms with Gasteiger partial charge in [-0.3, -0.25) is 0 Å². The maximum absolute atomic E-state index is 12.6. The van der Waals surface area contributed by atoms with Gasteiger partial charge in [0.15, 0.2) is 0 Å². The number of hydrogen-bond donors (Lipinski definition) is 1. The summed E-state index contributed by atoms with van der Waals surface area (Å²) in [6, 6.07) is 16.5. The van der Waals surface area contributed by atoms with Crippen molar-refractivity contribution in [3.05, 3.63) is 87.5 Å². The van der Waals surface area contributed by atoms with Crippen molar-refractivity contribution >= 4 is 29.2 Å². The molecule has 1 unspecified atom stereocenters. The topological polar surface area (TPSA) is 94.6 Å². The van der Waals surface area contributed by atoms with E-state index in [1.165, 1.54) is 0 Å². The molecule has 0 radical (unpaired) electrons. The Morgan fingerprint density at radius 1 is 1.23 bits per heavy atom. The average molecular weight is 459 g/mol. The fourth-order valence-corrected chi connectivity index (χ4v) is 3.60. The molecule has 1 aliphatic rings. The highest BCUT2D eigenvalue weighted by atomic mass is 35.5. The Labute approximate surface area is 190 Å². The largest absolute Gasteiger partial charge is 0.489 e. The summed E-state index contributed by atoms with van der Waals surface area (Å²) in [5, 5.41) is 10.3. The fraction of sp³-hybridized carbons (Fsp3) is 0.217. The Kier molecular flexibility index (Phi) is 7.45. The van der Waals surface area contributed by atoms with Gasteiger partial charge in [0.2, 0.25) is 5.88 Å². The number of nitrogens with two attached hydrogens (primary N) is 1. The van der Waals surface area contributed by atoms with Crippen LogP contribution < -0.4 is 10.5 Å². The third kappa shape index (κ3) is 4.96. The standard InChI is InChI=1S/C23H20Cl2N2O4/c1-2-29-23(28)21-19(11-24)31-22(27)17(12-26)20(21)14-7-9-16(10-8-14)30-13-15-5-3-4-6-18(15)25/h3-10,20H,2,11,13,27H2,1H3. The molecular formula is C23H20Cl2N2O4. The van der Waals surface area contributed by atoms with Crippen LogP contribution in [0.1, 0.15) is 24.0 Å². The maximum Gasteiger partial charge on any atom is 0.338 e. The lowest BCUT2D eigenvalue weighted by molar-refractivity contribution is -0.139. The van der Waals surface area contributed by atoms with Gasteiger partial charge in [0.1, 0.15) is 29.8 Å². The van der Waals surface area contributed by atoms with Gasteiger partial charge in [-0.2, -0.15) is 5.26 Å². The van der Waals surface area contributed by atoms with Crippen molar-refractivity contribution in [3.8, 4) is 11.8 Å². The zero-order chi connectivity index (χ0) is 22.4. The van der Waals surface area contributed by atoms with E-state index in [-0.39, 0.29) is 35.3 Å². The first-order valence-electron chi connectivity index (χ1n) is 9.50. The number of halogens is 2. The van der Waals surface area contributed by atoms with Gasteiger partial charge in [-0.25, -0.2) is 4.79 Å². The fourth-order valence-electron chi connectivity index (χ4n) is 3.22. The minimum Gasteiger partial charge on any atom is -0.489 e. The molecule has 0 spiro atoms. The van der Waals surface area contributed by atoms with Gasteiger partial charge in [0.05, 0.1) is 24.0 Å². The van der Waals surface area contributed by atoms with Crippen LogP contribution in [0.25, 0.3) is 0 Å². The van der Waals surface area contributed by atoms with Crippen LogP contribution in [0.3, 0.4) is 0 Å². The first-order valence-corrected chi connectivity index (χ1v) is 10.4. The third-order valence-corrected chi connectivity index (χ3v) is 5.29. The number of nitrogens with zero attached hydrogens (tertiary/aromatic N) is 1. The first kappa shape index (κ1) is 22.5. The molecule has 1 atom stereocenters. The summed E-state index contributed by atoms with van der Waals surface area (Å²) in [6.45, 7) is 2.16. The summed E-state index contributed by atoms with van der Waals surface area (Å²) in [5.41, 5.74) is 7.71. The van der Waals surface area contributed by atoms with E-state index in [9.17, 15) is 10.1 Å². The molecule has 2 aromatic rings. The normalized spacial score (nSPS) is 15.9. The van der Waals surface area contributed by atoms with Crippen molar-refractivity contribution in [2.24, 2.45) is 5.73 Å². The molecule has 8 heteroatoms. The molecule has 1 aliphatic heterocycles. The van der Waals surface area contributed by atoms with Crippen molar-refractivity contribution in [2.75, 3.05) is 12.5 Å². The van der Waals surface area contributed by atoms with Crippen LogP contribution in [0.4, 0.5) is 0 Å². The van der Waals surface area contributed by atoms with Gasteiger partial charge in [-0.1, -0.05) is 41.9 Å². The number of nitriles is 1. The number of allylic oxidation sites excluding steroid dienone is 2. The summed E-state index contributed by atoms with van der Waals surface area (Å²) in [4.78, 5) is 12.6. The van der Waals surface area contributed by atoms with Crippen molar-refractivity contribution in [1.82, 2.24) is 0 Å². The summed E-state index contributed by atoms with van der Waals surface area (Å²) in [6.07, 6.45) is 0. The molecule has 1 heterocycles. The minimum absolute atomic E-state index is 0.0877. The molecule has 2 aromatic carbocycles. The van der Waals surface area contributed by atoms with Crippen molar-refractivity contribution in [2.45, 2.75) is 19.4 Å². The SMILES string of the molecule is CCOC(=O)C1=C(CCl)OC(N)=C(C#N)C1c1ccc(OCc2ccccc2Cl)cc1. The van der Waals surface area contributed by atoms with Crippen LogP contribution in [0.2, 0.25) is 5.02 Å². The molecule has 6 nitrogen and oxygen atoms in total. The molecule has 2 N–H and O–H groups in total. The molecule has 31 heavy (non-hydrogen) atoms. The molecule has 160 valence electrons. The van der Waals surface area contributed by atoms with E-state index in [2.05, 4.69) is 0 Å². The quantitative estimate of drug-likeness (QED) is 0.473. The highest BCUT2D eigenvalue weighted by molar-refractivity contribution is 6.31. The van der Waals surface area contributed by atoms with E-state index < -0.39 is 11.9 Å². The highest BCUT2D eigenvalue weighted by Crippen LogP contribution is 2.40. The Hall–Kier alpha value is -3.14. The lowest BCUT2D eigenvalue weighted by atomic mass is 9.83. The van der Waals surface area contributed by atoms with Crippen LogP contribution in [0, 0.1) is 11.3 Å². The smallest absolute Gasteiger partial charge is 0.338 e. The lowest BCUT2D eigenvalue weighted by Gasteiger charge is -2.27. The monoisotopic (exact) mass is 458 g/mol. The predicted octanol–water partition coefficient (Wildman–Crippen LogP) is 4.78.